The van der Waals surface area contributed by atoms with E-state index in [4.69, 9.17) is 0 Å². The van der Waals surface area contributed by atoms with Gasteiger partial charge in [0.15, 0.2) is 5.78 Å². The highest BCUT2D eigenvalue weighted by Gasteiger charge is 2.39. The molecule has 1 aromatic rings. The van der Waals surface area contributed by atoms with E-state index in [-0.39, 0.29) is 11.3 Å². The quantitative estimate of drug-likeness (QED) is 0.743. The van der Waals surface area contributed by atoms with Gasteiger partial charge in [-0.25, -0.2) is 4.39 Å². The second kappa shape index (κ2) is 6.27. The van der Waals surface area contributed by atoms with Crippen LogP contribution in [0.1, 0.15) is 42.5 Å². The molecule has 0 N–H and O–H groups in total. The highest BCUT2D eigenvalue weighted by atomic mass is 19.1. The van der Waals surface area contributed by atoms with Crippen molar-refractivity contribution >= 4 is 5.78 Å². The first-order valence-corrected chi connectivity index (χ1v) is 8.09. The first-order valence-electron chi connectivity index (χ1n) is 8.09. The highest BCUT2D eigenvalue weighted by Crippen LogP contribution is 2.48. The first kappa shape index (κ1) is 14.7. The van der Waals surface area contributed by atoms with E-state index < -0.39 is 5.82 Å². The molecule has 2 aliphatic rings. The molecule has 21 heavy (non-hydrogen) atoms. The number of Topliss-reactive ketones (excluding diaryl/α,β-unsaturated/α-hetero) is 1. The van der Waals surface area contributed by atoms with Gasteiger partial charge < -0.3 is 4.90 Å². The minimum absolute atomic E-state index is 0.0899. The molecule has 0 heterocycles. The number of halogens is 1. The SMILES string of the molecule is CN(CCC(=O)c1ccccc1F)CC1CC2CCC1C2. The number of ketones is 1. The van der Waals surface area contributed by atoms with Crippen molar-refractivity contribution in [1.82, 2.24) is 4.90 Å². The van der Waals surface area contributed by atoms with E-state index in [0.29, 0.717) is 6.42 Å². The van der Waals surface area contributed by atoms with E-state index in [1.807, 2.05) is 0 Å². The van der Waals surface area contributed by atoms with Gasteiger partial charge in [-0.05, 0) is 56.2 Å². The Kier molecular flexibility index (Phi) is 4.39. The fraction of sp³-hybridized carbons (Fsp3) is 0.611. The second-order valence-electron chi connectivity index (χ2n) is 6.85. The summed E-state index contributed by atoms with van der Waals surface area (Å²) in [7, 11) is 2.08. The third-order valence-electron chi connectivity index (χ3n) is 5.33. The van der Waals surface area contributed by atoms with E-state index in [9.17, 15) is 9.18 Å². The molecule has 0 aromatic heterocycles. The Morgan fingerprint density at radius 1 is 1.29 bits per heavy atom. The van der Waals surface area contributed by atoms with Gasteiger partial charge in [-0.15, -0.1) is 0 Å². The Morgan fingerprint density at radius 2 is 2.10 bits per heavy atom. The fourth-order valence-electron chi connectivity index (χ4n) is 4.21. The Labute approximate surface area is 126 Å². The molecule has 0 saturated heterocycles. The fourth-order valence-corrected chi connectivity index (χ4v) is 4.21. The molecule has 0 radical (unpaired) electrons. The lowest BCUT2D eigenvalue weighted by Gasteiger charge is -2.27. The van der Waals surface area contributed by atoms with Crippen LogP contribution in [0, 0.1) is 23.6 Å². The molecule has 3 atom stereocenters. The lowest BCUT2D eigenvalue weighted by atomic mass is 9.88. The zero-order valence-electron chi connectivity index (χ0n) is 12.7. The van der Waals surface area contributed by atoms with Crippen molar-refractivity contribution in [3.63, 3.8) is 0 Å². The molecular weight excluding hydrogens is 265 g/mol. The van der Waals surface area contributed by atoms with Gasteiger partial charge in [0, 0.05) is 19.5 Å². The van der Waals surface area contributed by atoms with Gasteiger partial charge in [0.1, 0.15) is 5.82 Å². The molecule has 114 valence electrons. The summed E-state index contributed by atoms with van der Waals surface area (Å²) in [5, 5.41) is 0. The summed E-state index contributed by atoms with van der Waals surface area (Å²) in [5.41, 5.74) is 0.228. The molecule has 1 aromatic carbocycles. The predicted octanol–water partition coefficient (Wildman–Crippen LogP) is 3.77. The summed E-state index contributed by atoms with van der Waals surface area (Å²) in [5.74, 6) is 2.21. The normalized spacial score (nSPS) is 27.5. The van der Waals surface area contributed by atoms with E-state index in [2.05, 4.69) is 11.9 Å². The molecule has 2 nitrogen and oxygen atoms in total. The van der Waals surface area contributed by atoms with Crippen LogP contribution in [-0.4, -0.2) is 30.8 Å². The molecule has 2 saturated carbocycles. The van der Waals surface area contributed by atoms with Crippen molar-refractivity contribution in [3.8, 4) is 0 Å². The summed E-state index contributed by atoms with van der Waals surface area (Å²) in [6, 6.07) is 6.27. The number of carbonyl (C=O) groups excluding carboxylic acids is 1. The number of hydrogen-bond donors (Lipinski definition) is 0. The van der Waals surface area contributed by atoms with Crippen molar-refractivity contribution in [3.05, 3.63) is 35.6 Å². The monoisotopic (exact) mass is 289 g/mol. The number of nitrogens with zero attached hydrogens (tertiary/aromatic N) is 1. The average Bonchev–Trinajstić information content (AvgIpc) is 3.08. The van der Waals surface area contributed by atoms with Crippen LogP contribution in [-0.2, 0) is 0 Å². The lowest BCUT2D eigenvalue weighted by Crippen LogP contribution is -2.30. The maximum atomic E-state index is 13.6. The molecule has 2 fully saturated rings. The van der Waals surface area contributed by atoms with Crippen LogP contribution in [0.2, 0.25) is 0 Å². The summed E-state index contributed by atoms with van der Waals surface area (Å²) in [6.07, 6.45) is 6.02. The van der Waals surface area contributed by atoms with Crippen molar-refractivity contribution < 1.29 is 9.18 Å². The molecular formula is C18H24FNO. The Morgan fingerprint density at radius 3 is 2.76 bits per heavy atom. The van der Waals surface area contributed by atoms with Crippen molar-refractivity contribution in [2.75, 3.05) is 20.1 Å². The molecule has 0 spiro atoms. The number of hydrogen-bond acceptors (Lipinski definition) is 2. The van der Waals surface area contributed by atoms with Crippen LogP contribution in [0.3, 0.4) is 0 Å². The molecule has 3 rings (SSSR count). The molecule has 0 amide bonds. The van der Waals surface area contributed by atoms with Gasteiger partial charge in [0.05, 0.1) is 5.56 Å². The largest absolute Gasteiger partial charge is 0.306 e. The molecule has 2 bridgehead atoms. The topological polar surface area (TPSA) is 20.3 Å². The summed E-state index contributed by atoms with van der Waals surface area (Å²) < 4.78 is 13.6. The van der Waals surface area contributed by atoms with E-state index in [0.717, 1.165) is 30.8 Å². The maximum Gasteiger partial charge on any atom is 0.167 e. The number of rotatable bonds is 6. The lowest BCUT2D eigenvalue weighted by molar-refractivity contribution is 0.0959. The summed E-state index contributed by atoms with van der Waals surface area (Å²) >= 11 is 0. The van der Waals surface area contributed by atoms with Gasteiger partial charge >= 0.3 is 0 Å². The zero-order valence-corrected chi connectivity index (χ0v) is 12.7. The second-order valence-corrected chi connectivity index (χ2v) is 6.85. The smallest absolute Gasteiger partial charge is 0.167 e. The zero-order chi connectivity index (χ0) is 14.8. The van der Waals surface area contributed by atoms with E-state index in [1.165, 1.54) is 31.7 Å². The Hall–Kier alpha value is -1.22. The molecule has 3 heteroatoms. The van der Waals surface area contributed by atoms with Gasteiger partial charge in [-0.1, -0.05) is 18.6 Å². The van der Waals surface area contributed by atoms with Gasteiger partial charge in [-0.3, -0.25) is 4.79 Å². The van der Waals surface area contributed by atoms with Crippen LogP contribution < -0.4 is 0 Å². The Balaban J connectivity index is 1.46. The maximum absolute atomic E-state index is 13.6. The van der Waals surface area contributed by atoms with E-state index >= 15 is 0 Å². The van der Waals surface area contributed by atoms with Crippen LogP contribution in [0.4, 0.5) is 4.39 Å². The molecule has 0 aliphatic heterocycles. The Bertz CT molecular complexity index is 516. The number of benzene rings is 1. The minimum atomic E-state index is -0.404. The van der Waals surface area contributed by atoms with Crippen LogP contribution in [0.25, 0.3) is 0 Å². The van der Waals surface area contributed by atoms with Crippen molar-refractivity contribution in [2.24, 2.45) is 17.8 Å². The third-order valence-corrected chi connectivity index (χ3v) is 5.33. The predicted molar refractivity (Wildman–Crippen MR) is 81.8 cm³/mol. The molecule has 3 unspecified atom stereocenters. The van der Waals surface area contributed by atoms with E-state index in [1.54, 1.807) is 18.2 Å². The van der Waals surface area contributed by atoms with Gasteiger partial charge in [0.25, 0.3) is 0 Å². The van der Waals surface area contributed by atoms with Gasteiger partial charge in [-0.2, -0.15) is 0 Å². The standard InChI is InChI=1S/C18H24FNO/c1-20(12-15-11-13-6-7-14(15)10-13)9-8-18(21)16-4-2-3-5-17(16)19/h2-5,13-15H,6-12H2,1H3. The highest BCUT2D eigenvalue weighted by molar-refractivity contribution is 5.96. The minimum Gasteiger partial charge on any atom is -0.306 e. The van der Waals surface area contributed by atoms with Gasteiger partial charge in [0.2, 0.25) is 0 Å². The third kappa shape index (κ3) is 3.34. The number of carbonyl (C=O) groups is 1. The van der Waals surface area contributed by atoms with Crippen LogP contribution in [0.15, 0.2) is 24.3 Å². The number of fused-ring (bicyclic) bond motifs is 2. The van der Waals surface area contributed by atoms with Crippen LogP contribution in [0.5, 0.6) is 0 Å². The molecule has 2 aliphatic carbocycles. The van der Waals surface area contributed by atoms with Crippen molar-refractivity contribution in [1.29, 1.82) is 0 Å². The van der Waals surface area contributed by atoms with Crippen molar-refractivity contribution in [2.45, 2.75) is 32.1 Å². The van der Waals surface area contributed by atoms with Crippen LogP contribution >= 0.6 is 0 Å². The first-order chi connectivity index (χ1) is 10.1. The summed E-state index contributed by atoms with van der Waals surface area (Å²) in [4.78, 5) is 14.3. The average molecular weight is 289 g/mol. The summed E-state index contributed by atoms with van der Waals surface area (Å²) in [6.45, 7) is 1.81.